The molecule has 0 spiro atoms. The van der Waals surface area contributed by atoms with Crippen LogP contribution >= 0.6 is 15.9 Å². The Bertz CT molecular complexity index is 205. The number of rotatable bonds is 5. The Kier molecular flexibility index (Phi) is 4.72. The average Bonchev–Trinajstić information content (AvgIpc) is 2.28. The van der Waals surface area contributed by atoms with Crippen molar-refractivity contribution in [2.75, 3.05) is 11.9 Å². The summed E-state index contributed by atoms with van der Waals surface area (Å²) in [5.74, 6) is 1.83. The number of alkyl halides is 1. The van der Waals surface area contributed by atoms with E-state index in [9.17, 15) is 0 Å². The Hall–Kier alpha value is 0.440. The Morgan fingerprint density at radius 2 is 1.81 bits per heavy atom. The molecular weight excluding hydrogens is 264 g/mol. The minimum absolute atomic E-state index is 0.182. The summed E-state index contributed by atoms with van der Waals surface area (Å²) >= 11 is 3.68. The van der Waals surface area contributed by atoms with E-state index in [-0.39, 0.29) is 5.60 Å². The molecule has 0 bridgehead atoms. The van der Waals surface area contributed by atoms with Crippen molar-refractivity contribution in [2.45, 2.75) is 63.9 Å². The van der Waals surface area contributed by atoms with Crippen LogP contribution in [0, 0.1) is 11.8 Å². The van der Waals surface area contributed by atoms with Crippen LogP contribution in [0.15, 0.2) is 0 Å². The number of hydrogen-bond acceptors (Lipinski definition) is 1. The van der Waals surface area contributed by atoms with E-state index in [0.29, 0.717) is 0 Å². The van der Waals surface area contributed by atoms with Crippen molar-refractivity contribution in [1.29, 1.82) is 0 Å². The van der Waals surface area contributed by atoms with Crippen molar-refractivity contribution in [2.24, 2.45) is 11.8 Å². The lowest BCUT2D eigenvalue weighted by Gasteiger charge is -2.40. The maximum absolute atomic E-state index is 6.27. The third-order valence-corrected chi connectivity index (χ3v) is 5.71. The van der Waals surface area contributed by atoms with Crippen LogP contribution in [0.2, 0.25) is 0 Å². The first-order chi connectivity index (χ1) is 7.78. The molecule has 2 aliphatic carbocycles. The number of hydrogen-bond donors (Lipinski definition) is 0. The van der Waals surface area contributed by atoms with Crippen molar-refractivity contribution < 1.29 is 4.74 Å². The lowest BCUT2D eigenvalue weighted by molar-refractivity contribution is -0.0822. The van der Waals surface area contributed by atoms with Gasteiger partial charge in [-0.3, -0.25) is 0 Å². The third kappa shape index (κ3) is 3.01. The third-order valence-electron chi connectivity index (χ3n) is 4.69. The zero-order valence-corrected chi connectivity index (χ0v) is 12.1. The van der Waals surface area contributed by atoms with Crippen LogP contribution in [-0.2, 0) is 4.74 Å². The lowest BCUT2D eigenvalue weighted by Crippen LogP contribution is -2.40. The largest absolute Gasteiger partial charge is 0.374 e. The second-order valence-electron chi connectivity index (χ2n) is 5.78. The summed E-state index contributed by atoms with van der Waals surface area (Å²) in [6.07, 6.45) is 10.8. The summed E-state index contributed by atoms with van der Waals surface area (Å²) in [5, 5.41) is 1.03. The van der Waals surface area contributed by atoms with E-state index in [4.69, 9.17) is 4.74 Å². The number of ether oxygens (including phenoxy) is 1. The Morgan fingerprint density at radius 3 is 2.25 bits per heavy atom. The van der Waals surface area contributed by atoms with E-state index in [1.807, 2.05) is 0 Å². The highest BCUT2D eigenvalue weighted by atomic mass is 79.9. The van der Waals surface area contributed by atoms with Gasteiger partial charge in [-0.2, -0.15) is 0 Å². The van der Waals surface area contributed by atoms with Crippen LogP contribution in [0.3, 0.4) is 0 Å². The molecule has 0 saturated heterocycles. The van der Waals surface area contributed by atoms with Gasteiger partial charge in [-0.05, 0) is 50.4 Å². The Morgan fingerprint density at radius 1 is 1.12 bits per heavy atom. The van der Waals surface area contributed by atoms with Gasteiger partial charge in [0.1, 0.15) is 0 Å². The van der Waals surface area contributed by atoms with Crippen LogP contribution in [0.4, 0.5) is 0 Å². The minimum Gasteiger partial charge on any atom is -0.374 e. The molecule has 2 rings (SSSR count). The summed E-state index contributed by atoms with van der Waals surface area (Å²) in [6, 6.07) is 0. The fraction of sp³-hybridized carbons (Fsp3) is 1.00. The van der Waals surface area contributed by atoms with Crippen LogP contribution < -0.4 is 0 Å². The predicted octanol–water partition coefficient (Wildman–Crippen LogP) is 4.54. The highest BCUT2D eigenvalue weighted by molar-refractivity contribution is 9.09. The van der Waals surface area contributed by atoms with E-state index >= 15 is 0 Å². The maximum atomic E-state index is 6.27. The molecule has 0 atom stereocenters. The molecule has 0 aromatic heterocycles. The van der Waals surface area contributed by atoms with Crippen LogP contribution in [0.5, 0.6) is 0 Å². The van der Waals surface area contributed by atoms with E-state index in [2.05, 4.69) is 22.9 Å². The fourth-order valence-corrected chi connectivity index (χ4v) is 3.61. The second kappa shape index (κ2) is 5.86. The Labute approximate surface area is 108 Å². The van der Waals surface area contributed by atoms with Gasteiger partial charge in [0.25, 0.3) is 0 Å². The molecule has 0 aromatic rings. The summed E-state index contributed by atoms with van der Waals surface area (Å²) in [5.41, 5.74) is 0.182. The predicted molar refractivity (Wildman–Crippen MR) is 72.1 cm³/mol. The standard InChI is InChI=1S/C14H25BrO/c1-2-12-6-8-14(11-15,9-7-12)16-10-13-4-3-5-13/h12-13H,2-11H2,1H3. The SMILES string of the molecule is CCC1CCC(CBr)(OCC2CCC2)CC1. The van der Waals surface area contributed by atoms with Crippen LogP contribution in [0.25, 0.3) is 0 Å². The molecule has 0 aliphatic heterocycles. The van der Waals surface area contributed by atoms with Crippen LogP contribution in [0.1, 0.15) is 58.3 Å². The van der Waals surface area contributed by atoms with Crippen molar-refractivity contribution in [3.63, 3.8) is 0 Å². The zero-order valence-electron chi connectivity index (χ0n) is 10.5. The summed E-state index contributed by atoms with van der Waals surface area (Å²) in [6.45, 7) is 3.34. The molecule has 0 radical (unpaired) electrons. The van der Waals surface area contributed by atoms with Gasteiger partial charge in [-0.1, -0.05) is 35.7 Å². The lowest BCUT2D eigenvalue weighted by atomic mass is 9.78. The minimum atomic E-state index is 0.182. The summed E-state index contributed by atoms with van der Waals surface area (Å²) in [7, 11) is 0. The molecule has 0 aromatic carbocycles. The first-order valence-corrected chi connectivity index (χ1v) is 8.10. The summed E-state index contributed by atoms with van der Waals surface area (Å²) in [4.78, 5) is 0. The normalized spacial score (nSPS) is 36.0. The van der Waals surface area contributed by atoms with Gasteiger partial charge in [0.05, 0.1) is 12.2 Å². The van der Waals surface area contributed by atoms with E-state index in [0.717, 1.165) is 23.8 Å². The summed E-state index contributed by atoms with van der Waals surface area (Å²) < 4.78 is 6.27. The maximum Gasteiger partial charge on any atom is 0.0779 e. The van der Waals surface area contributed by atoms with Gasteiger partial charge in [-0.25, -0.2) is 0 Å². The molecule has 16 heavy (non-hydrogen) atoms. The Balaban J connectivity index is 1.77. The molecule has 94 valence electrons. The molecule has 0 amide bonds. The second-order valence-corrected chi connectivity index (χ2v) is 6.34. The van der Waals surface area contributed by atoms with Gasteiger partial charge in [0.15, 0.2) is 0 Å². The van der Waals surface area contributed by atoms with E-state index < -0.39 is 0 Å². The van der Waals surface area contributed by atoms with E-state index in [1.54, 1.807) is 0 Å². The monoisotopic (exact) mass is 288 g/mol. The van der Waals surface area contributed by atoms with Gasteiger partial charge in [0.2, 0.25) is 0 Å². The van der Waals surface area contributed by atoms with Crippen molar-refractivity contribution in [3.8, 4) is 0 Å². The first kappa shape index (κ1) is 12.9. The molecular formula is C14H25BrO. The van der Waals surface area contributed by atoms with Gasteiger partial charge >= 0.3 is 0 Å². The van der Waals surface area contributed by atoms with Gasteiger partial charge in [0, 0.05) is 5.33 Å². The molecule has 2 heteroatoms. The molecule has 1 nitrogen and oxygen atoms in total. The van der Waals surface area contributed by atoms with Gasteiger partial charge in [-0.15, -0.1) is 0 Å². The van der Waals surface area contributed by atoms with Crippen molar-refractivity contribution >= 4 is 15.9 Å². The topological polar surface area (TPSA) is 9.23 Å². The number of halogens is 1. The van der Waals surface area contributed by atoms with E-state index in [1.165, 1.54) is 51.4 Å². The molecule has 0 unspecified atom stereocenters. The molecule has 0 heterocycles. The molecule has 2 fully saturated rings. The van der Waals surface area contributed by atoms with Crippen LogP contribution in [-0.4, -0.2) is 17.5 Å². The smallest absolute Gasteiger partial charge is 0.0779 e. The highest BCUT2D eigenvalue weighted by Gasteiger charge is 2.35. The van der Waals surface area contributed by atoms with Crippen molar-refractivity contribution in [1.82, 2.24) is 0 Å². The molecule has 0 N–H and O–H groups in total. The molecule has 2 aliphatic rings. The first-order valence-electron chi connectivity index (χ1n) is 6.98. The average molecular weight is 289 g/mol. The van der Waals surface area contributed by atoms with Gasteiger partial charge < -0.3 is 4.74 Å². The highest BCUT2D eigenvalue weighted by Crippen LogP contribution is 2.39. The zero-order chi connectivity index (χ0) is 11.4. The van der Waals surface area contributed by atoms with Crippen molar-refractivity contribution in [3.05, 3.63) is 0 Å². The molecule has 2 saturated carbocycles. The quantitative estimate of drug-likeness (QED) is 0.675. The fourth-order valence-electron chi connectivity index (χ4n) is 2.88.